The van der Waals surface area contributed by atoms with Crippen molar-refractivity contribution in [3.63, 3.8) is 0 Å². The summed E-state index contributed by atoms with van der Waals surface area (Å²) in [5, 5.41) is 0.818. The highest BCUT2D eigenvalue weighted by Crippen LogP contribution is 2.70. The van der Waals surface area contributed by atoms with E-state index in [2.05, 4.69) is 20.8 Å². The molecule has 0 amide bonds. The molecular formula is C25H26Cl2N2O3. The first-order chi connectivity index (χ1) is 14.8. The molecule has 1 heterocycles. The van der Waals surface area contributed by atoms with Crippen molar-refractivity contribution in [2.45, 2.75) is 71.1 Å². The van der Waals surface area contributed by atoms with E-state index in [1.54, 1.807) is 12.1 Å². The molecule has 5 nitrogen and oxygen atoms in total. The van der Waals surface area contributed by atoms with E-state index in [9.17, 15) is 9.59 Å². The number of carbonyl (C=O) groups is 2. The highest BCUT2D eigenvalue weighted by atomic mass is 35.5. The first-order valence-electron chi connectivity index (χ1n) is 10.9. The molecule has 0 N–H and O–H groups in total. The molecule has 7 heteroatoms. The molecule has 1 saturated carbocycles. The van der Waals surface area contributed by atoms with Gasteiger partial charge in [0.25, 0.3) is 0 Å². The quantitative estimate of drug-likeness (QED) is 0.495. The van der Waals surface area contributed by atoms with Crippen molar-refractivity contribution >= 4 is 46.0 Å². The summed E-state index contributed by atoms with van der Waals surface area (Å²) in [6.45, 7) is 10.4. The summed E-state index contributed by atoms with van der Waals surface area (Å²) >= 11 is 12.5. The van der Waals surface area contributed by atoms with Crippen LogP contribution in [-0.4, -0.2) is 21.7 Å². The van der Waals surface area contributed by atoms with Gasteiger partial charge in [0.1, 0.15) is 11.2 Å². The van der Waals surface area contributed by atoms with Crippen LogP contribution in [0, 0.1) is 10.8 Å². The number of halogens is 2. The Hall–Kier alpha value is -1.98. The molecular weight excluding hydrogens is 447 g/mol. The Balaban J connectivity index is 1.66. The maximum Gasteiger partial charge on any atom is 0.323 e. The Kier molecular flexibility index (Phi) is 4.47. The lowest BCUT2D eigenvalue weighted by molar-refractivity contribution is -0.151. The van der Waals surface area contributed by atoms with Crippen molar-refractivity contribution in [2.24, 2.45) is 10.8 Å². The lowest BCUT2D eigenvalue weighted by Crippen LogP contribution is -2.47. The second-order valence-electron chi connectivity index (χ2n) is 11.0. The van der Waals surface area contributed by atoms with Gasteiger partial charge in [0.15, 0.2) is 5.78 Å². The van der Waals surface area contributed by atoms with E-state index in [1.165, 1.54) is 6.08 Å². The van der Waals surface area contributed by atoms with Crippen LogP contribution in [0.3, 0.4) is 0 Å². The first kappa shape index (κ1) is 21.8. The van der Waals surface area contributed by atoms with Crippen molar-refractivity contribution in [2.75, 3.05) is 0 Å². The van der Waals surface area contributed by atoms with E-state index >= 15 is 0 Å². The van der Waals surface area contributed by atoms with Gasteiger partial charge in [-0.15, -0.1) is 0 Å². The Morgan fingerprint density at radius 1 is 0.938 bits per heavy atom. The van der Waals surface area contributed by atoms with Crippen molar-refractivity contribution in [1.29, 1.82) is 0 Å². The van der Waals surface area contributed by atoms with E-state index in [4.69, 9.17) is 37.9 Å². The molecule has 5 rings (SSSR count). The Bertz CT molecular complexity index is 1250. The molecule has 3 aliphatic rings. The summed E-state index contributed by atoms with van der Waals surface area (Å²) in [6, 6.07) is 3.41. The van der Waals surface area contributed by atoms with Gasteiger partial charge >= 0.3 is 5.97 Å². The summed E-state index contributed by atoms with van der Waals surface area (Å²) in [6.07, 6.45) is 3.89. The Morgan fingerprint density at radius 3 is 2.12 bits per heavy atom. The predicted octanol–water partition coefficient (Wildman–Crippen LogP) is 6.08. The van der Waals surface area contributed by atoms with Gasteiger partial charge in [-0.05, 0) is 35.8 Å². The number of nitrogens with zero attached hydrogens (tertiary/aromatic N) is 2. The Labute approximate surface area is 197 Å². The van der Waals surface area contributed by atoms with Gasteiger partial charge in [0, 0.05) is 24.3 Å². The normalized spacial score (nSPS) is 29.7. The topological polar surface area (TPSA) is 69.2 Å². The number of fused-ring (bicyclic) bond motifs is 6. The molecule has 2 aromatic rings. The number of hydrogen-bond donors (Lipinski definition) is 0. The third-order valence-electron chi connectivity index (χ3n) is 8.28. The zero-order valence-electron chi connectivity index (χ0n) is 18.9. The smallest absolute Gasteiger partial charge is 0.323 e. The fourth-order valence-corrected chi connectivity index (χ4v) is 6.43. The zero-order chi connectivity index (χ0) is 23.3. The standard InChI is InChI=1S/C25H26Cl2N2O3/c1-22(2)11-13(30)8-14(12-22)32-21(31)25-7-6-24(5,23(25,3)4)19-20(25)29-18-10-16(27)15(26)9-17(18)28-19/h8-10H,6-7,11-12H2,1-5H3. The summed E-state index contributed by atoms with van der Waals surface area (Å²) in [4.78, 5) is 36.0. The number of ether oxygens (including phenoxy) is 1. The molecule has 2 unspecified atom stereocenters. The van der Waals surface area contributed by atoms with Crippen LogP contribution in [0.5, 0.6) is 0 Å². The number of allylic oxidation sites excluding steroid dienone is 2. The molecule has 1 aromatic carbocycles. The molecule has 2 bridgehead atoms. The molecule has 0 saturated heterocycles. The molecule has 2 atom stereocenters. The van der Waals surface area contributed by atoms with Crippen LogP contribution < -0.4 is 0 Å². The number of ketones is 1. The van der Waals surface area contributed by atoms with E-state index in [0.717, 1.165) is 12.1 Å². The summed E-state index contributed by atoms with van der Waals surface area (Å²) in [5.74, 6) is 0.0729. The van der Waals surface area contributed by atoms with Crippen LogP contribution in [-0.2, 0) is 25.2 Å². The van der Waals surface area contributed by atoms with Crippen molar-refractivity contribution in [3.8, 4) is 0 Å². The summed E-state index contributed by atoms with van der Waals surface area (Å²) in [5.41, 5.74) is 0.747. The second kappa shape index (κ2) is 6.54. The number of rotatable bonds is 2. The lowest BCUT2D eigenvalue weighted by atomic mass is 9.64. The monoisotopic (exact) mass is 472 g/mol. The van der Waals surface area contributed by atoms with Gasteiger partial charge in [0.05, 0.1) is 32.5 Å². The molecule has 0 aliphatic heterocycles. The van der Waals surface area contributed by atoms with Gasteiger partial charge in [-0.2, -0.15) is 0 Å². The van der Waals surface area contributed by atoms with Crippen LogP contribution in [0.15, 0.2) is 24.0 Å². The van der Waals surface area contributed by atoms with Gasteiger partial charge in [0.2, 0.25) is 0 Å². The molecule has 1 fully saturated rings. The second-order valence-corrected chi connectivity index (χ2v) is 11.8. The molecule has 3 aliphatic carbocycles. The van der Waals surface area contributed by atoms with E-state index in [1.807, 2.05) is 13.8 Å². The minimum absolute atomic E-state index is 0.0128. The number of carbonyl (C=O) groups excluding carboxylic acids is 2. The summed E-state index contributed by atoms with van der Waals surface area (Å²) < 4.78 is 5.98. The fourth-order valence-electron chi connectivity index (χ4n) is 6.11. The van der Waals surface area contributed by atoms with Crippen molar-refractivity contribution in [1.82, 2.24) is 9.97 Å². The SMILES string of the molecule is CC1(C)CC(=O)C=C(OC(=O)C23CCC(C)(c4nc5cc(Cl)c(Cl)cc5nc42)C3(C)C)C1. The van der Waals surface area contributed by atoms with Crippen LogP contribution in [0.1, 0.15) is 71.7 Å². The molecule has 1 aromatic heterocycles. The Morgan fingerprint density at radius 2 is 1.53 bits per heavy atom. The van der Waals surface area contributed by atoms with E-state index < -0.39 is 10.8 Å². The summed E-state index contributed by atoms with van der Waals surface area (Å²) in [7, 11) is 0. The minimum Gasteiger partial charge on any atom is -0.430 e. The lowest BCUT2D eigenvalue weighted by Gasteiger charge is -2.39. The van der Waals surface area contributed by atoms with Gasteiger partial charge in [-0.3, -0.25) is 9.59 Å². The predicted molar refractivity (Wildman–Crippen MR) is 124 cm³/mol. The zero-order valence-corrected chi connectivity index (χ0v) is 20.4. The van der Waals surface area contributed by atoms with Crippen molar-refractivity contribution < 1.29 is 14.3 Å². The van der Waals surface area contributed by atoms with Gasteiger partial charge in [-0.25, -0.2) is 9.97 Å². The molecule has 0 radical (unpaired) electrons. The van der Waals surface area contributed by atoms with E-state index in [-0.39, 0.29) is 22.6 Å². The number of aromatic nitrogens is 2. The fraction of sp³-hybridized carbons (Fsp3) is 0.520. The number of esters is 1. The highest BCUT2D eigenvalue weighted by Gasteiger charge is 2.74. The number of hydrogen-bond acceptors (Lipinski definition) is 5. The highest BCUT2D eigenvalue weighted by molar-refractivity contribution is 6.42. The van der Waals surface area contributed by atoms with Gasteiger partial charge < -0.3 is 4.74 Å². The van der Waals surface area contributed by atoms with E-state index in [0.29, 0.717) is 51.8 Å². The van der Waals surface area contributed by atoms with Gasteiger partial charge in [-0.1, -0.05) is 57.8 Å². The molecule has 0 spiro atoms. The number of benzene rings is 1. The average Bonchev–Trinajstić information content (AvgIpc) is 2.95. The third kappa shape index (κ3) is 2.70. The molecule has 168 valence electrons. The average molecular weight is 473 g/mol. The maximum atomic E-state index is 13.9. The third-order valence-corrected chi connectivity index (χ3v) is 9.00. The minimum atomic E-state index is -0.949. The molecule has 32 heavy (non-hydrogen) atoms. The van der Waals surface area contributed by atoms with Crippen LogP contribution >= 0.6 is 23.2 Å². The van der Waals surface area contributed by atoms with Crippen LogP contribution in [0.2, 0.25) is 10.0 Å². The largest absolute Gasteiger partial charge is 0.430 e. The maximum absolute atomic E-state index is 13.9. The first-order valence-corrected chi connectivity index (χ1v) is 11.7. The van der Waals surface area contributed by atoms with Crippen LogP contribution in [0.4, 0.5) is 0 Å². The van der Waals surface area contributed by atoms with Crippen molar-refractivity contribution in [3.05, 3.63) is 45.4 Å². The van der Waals surface area contributed by atoms with Crippen LogP contribution in [0.25, 0.3) is 11.0 Å².